The molecule has 0 saturated heterocycles. The highest BCUT2D eigenvalue weighted by Gasteiger charge is 2.25. The smallest absolute Gasteiger partial charge is 0.310 e. The largest absolute Gasteiger partial charge is 0.493 e. The van der Waals surface area contributed by atoms with Gasteiger partial charge in [0, 0.05) is 5.56 Å². The fourth-order valence-electron chi connectivity index (χ4n) is 3.41. The van der Waals surface area contributed by atoms with Crippen molar-refractivity contribution >= 4 is 17.0 Å². The molecule has 1 heterocycles. The van der Waals surface area contributed by atoms with Gasteiger partial charge in [0.1, 0.15) is 16.8 Å². The van der Waals surface area contributed by atoms with Crippen molar-refractivity contribution in [2.45, 2.75) is 39.0 Å². The lowest BCUT2D eigenvalue weighted by Gasteiger charge is -2.18. The Morgan fingerprint density at radius 1 is 1.18 bits per heavy atom. The number of fused-ring (bicyclic) bond motifs is 1. The van der Waals surface area contributed by atoms with Gasteiger partial charge in [-0.15, -0.1) is 0 Å². The van der Waals surface area contributed by atoms with Crippen LogP contribution >= 0.6 is 0 Å². The summed E-state index contributed by atoms with van der Waals surface area (Å²) in [7, 11) is 0. The van der Waals surface area contributed by atoms with Crippen molar-refractivity contribution in [3.05, 3.63) is 42.0 Å². The second-order valence-electron chi connectivity index (χ2n) is 8.00. The summed E-state index contributed by atoms with van der Waals surface area (Å²) in [6.45, 7) is 4.73. The van der Waals surface area contributed by atoms with Crippen molar-refractivity contribution in [1.82, 2.24) is 10.3 Å². The number of aliphatic carboxylic acids is 1. The van der Waals surface area contributed by atoms with E-state index in [2.05, 4.69) is 10.3 Å². The monoisotopic (exact) mass is 380 g/mol. The van der Waals surface area contributed by atoms with Crippen LogP contribution in [0.4, 0.5) is 0 Å². The molecule has 146 valence electrons. The van der Waals surface area contributed by atoms with Crippen LogP contribution in [0.15, 0.2) is 41.0 Å². The summed E-state index contributed by atoms with van der Waals surface area (Å²) in [6.07, 6.45) is 2.97. The maximum Gasteiger partial charge on any atom is 0.310 e. The molecular weight excluding hydrogens is 356 g/mol. The fraction of sp³-hybridized carbons (Fsp3) is 0.409. The van der Waals surface area contributed by atoms with E-state index in [1.807, 2.05) is 50.2 Å². The third kappa shape index (κ3) is 4.01. The molecule has 0 radical (unpaired) electrons. The molecule has 1 atom stereocenters. The zero-order valence-corrected chi connectivity index (χ0v) is 16.1. The predicted octanol–water partition coefficient (Wildman–Crippen LogP) is 4.89. The number of hydrogen-bond acceptors (Lipinski definition) is 5. The first-order chi connectivity index (χ1) is 13.5. The molecule has 6 heteroatoms. The molecule has 0 bridgehead atoms. The van der Waals surface area contributed by atoms with Gasteiger partial charge in [-0.05, 0) is 70.7 Å². The number of rotatable bonds is 8. The molecule has 1 aromatic heterocycles. The van der Waals surface area contributed by atoms with E-state index >= 15 is 0 Å². The number of carboxylic acid groups (broad SMARTS) is 1. The highest BCUT2D eigenvalue weighted by molar-refractivity contribution is 5.83. The summed E-state index contributed by atoms with van der Waals surface area (Å²) in [5, 5.41) is 17.5. The lowest BCUT2D eigenvalue weighted by Crippen LogP contribution is -2.14. The van der Waals surface area contributed by atoms with Crippen LogP contribution in [0.3, 0.4) is 0 Å². The van der Waals surface area contributed by atoms with Crippen LogP contribution in [-0.4, -0.2) is 28.0 Å². The SMILES string of the molecule is CC(C)CC(C(=O)O)c1ccc(-c2ccc3nonc3c2)c(OCC2CC2)c1. The average molecular weight is 380 g/mol. The highest BCUT2D eigenvalue weighted by Crippen LogP contribution is 2.37. The number of benzene rings is 2. The quantitative estimate of drug-likeness (QED) is 0.599. The van der Waals surface area contributed by atoms with Gasteiger partial charge >= 0.3 is 5.97 Å². The fourth-order valence-corrected chi connectivity index (χ4v) is 3.41. The van der Waals surface area contributed by atoms with Gasteiger partial charge in [-0.1, -0.05) is 32.0 Å². The van der Waals surface area contributed by atoms with Gasteiger partial charge in [0.25, 0.3) is 0 Å². The van der Waals surface area contributed by atoms with Gasteiger partial charge < -0.3 is 9.84 Å². The average Bonchev–Trinajstić information content (AvgIpc) is 3.38. The van der Waals surface area contributed by atoms with E-state index in [1.165, 1.54) is 12.8 Å². The van der Waals surface area contributed by atoms with E-state index < -0.39 is 11.9 Å². The Morgan fingerprint density at radius 2 is 1.96 bits per heavy atom. The standard InChI is InChI=1S/C22H24N2O4/c1-13(2)9-18(22(25)26)16-5-7-17(21(11-16)27-12-14-3-4-14)15-6-8-19-20(10-15)24-28-23-19/h5-8,10-11,13-14,18H,3-4,9,12H2,1-2H3,(H,25,26). The number of nitrogens with zero attached hydrogens (tertiary/aromatic N) is 2. The summed E-state index contributed by atoms with van der Waals surface area (Å²) in [5.41, 5.74) is 4.01. The minimum Gasteiger partial charge on any atom is -0.493 e. The van der Waals surface area contributed by atoms with Crippen molar-refractivity contribution in [1.29, 1.82) is 0 Å². The predicted molar refractivity (Wildman–Crippen MR) is 105 cm³/mol. The van der Waals surface area contributed by atoms with Crippen molar-refractivity contribution in [3.8, 4) is 16.9 Å². The van der Waals surface area contributed by atoms with Crippen LogP contribution < -0.4 is 4.74 Å². The molecule has 6 nitrogen and oxygen atoms in total. The third-order valence-electron chi connectivity index (χ3n) is 5.15. The normalized spacial score (nSPS) is 15.1. The summed E-state index contributed by atoms with van der Waals surface area (Å²) in [6, 6.07) is 11.5. The molecule has 1 fully saturated rings. The molecule has 28 heavy (non-hydrogen) atoms. The lowest BCUT2D eigenvalue weighted by atomic mass is 9.89. The molecule has 2 aromatic carbocycles. The van der Waals surface area contributed by atoms with E-state index in [1.54, 1.807) is 0 Å². The van der Waals surface area contributed by atoms with Crippen LogP contribution in [0.1, 0.15) is 44.6 Å². The Labute approximate surface area is 163 Å². The number of carbonyl (C=O) groups is 1. The minimum absolute atomic E-state index is 0.290. The van der Waals surface area contributed by atoms with Crippen molar-refractivity contribution in [3.63, 3.8) is 0 Å². The van der Waals surface area contributed by atoms with Gasteiger partial charge in [-0.2, -0.15) is 0 Å². The molecule has 0 spiro atoms. The van der Waals surface area contributed by atoms with Crippen LogP contribution in [0.5, 0.6) is 5.75 Å². The zero-order chi connectivity index (χ0) is 19.7. The Hall–Kier alpha value is -2.89. The van der Waals surface area contributed by atoms with E-state index in [4.69, 9.17) is 9.37 Å². The first-order valence-electron chi connectivity index (χ1n) is 9.73. The molecule has 3 aromatic rings. The van der Waals surface area contributed by atoms with Gasteiger partial charge in [0.05, 0.1) is 12.5 Å². The molecule has 4 rings (SSSR count). The van der Waals surface area contributed by atoms with Crippen molar-refractivity contribution in [2.24, 2.45) is 11.8 Å². The first-order valence-corrected chi connectivity index (χ1v) is 9.73. The van der Waals surface area contributed by atoms with E-state index in [0.717, 1.165) is 22.4 Å². The van der Waals surface area contributed by atoms with Crippen LogP contribution in [0, 0.1) is 11.8 Å². The Kier molecular flexibility index (Phi) is 5.03. The summed E-state index contributed by atoms with van der Waals surface area (Å²) < 4.78 is 10.9. The van der Waals surface area contributed by atoms with E-state index in [0.29, 0.717) is 35.9 Å². The number of carboxylic acids is 1. The number of hydrogen-bond donors (Lipinski definition) is 1. The Morgan fingerprint density at radius 3 is 2.68 bits per heavy atom. The molecule has 1 saturated carbocycles. The highest BCUT2D eigenvalue weighted by atomic mass is 16.6. The topological polar surface area (TPSA) is 85.5 Å². The number of aromatic nitrogens is 2. The first kappa shape index (κ1) is 18.5. The van der Waals surface area contributed by atoms with E-state index in [-0.39, 0.29) is 0 Å². The van der Waals surface area contributed by atoms with Crippen molar-refractivity contribution in [2.75, 3.05) is 6.61 Å². The maximum absolute atomic E-state index is 11.8. The number of ether oxygens (including phenoxy) is 1. The molecule has 1 aliphatic rings. The van der Waals surface area contributed by atoms with Gasteiger partial charge in [0.2, 0.25) is 0 Å². The molecule has 1 N–H and O–H groups in total. The molecule has 1 aliphatic carbocycles. The van der Waals surface area contributed by atoms with Gasteiger partial charge in [-0.25, -0.2) is 4.63 Å². The summed E-state index contributed by atoms with van der Waals surface area (Å²) in [4.78, 5) is 11.8. The molecule has 0 amide bonds. The maximum atomic E-state index is 11.8. The van der Waals surface area contributed by atoms with Crippen molar-refractivity contribution < 1.29 is 19.3 Å². The van der Waals surface area contributed by atoms with Crippen LogP contribution in [0.25, 0.3) is 22.2 Å². The van der Waals surface area contributed by atoms with Crippen LogP contribution in [0.2, 0.25) is 0 Å². The second-order valence-corrected chi connectivity index (χ2v) is 8.00. The van der Waals surface area contributed by atoms with Gasteiger partial charge in [0.15, 0.2) is 0 Å². The molecule has 1 unspecified atom stereocenters. The lowest BCUT2D eigenvalue weighted by molar-refractivity contribution is -0.139. The van der Waals surface area contributed by atoms with Gasteiger partial charge in [-0.3, -0.25) is 4.79 Å². The Balaban J connectivity index is 1.72. The van der Waals surface area contributed by atoms with Crippen LogP contribution in [-0.2, 0) is 4.79 Å². The minimum atomic E-state index is -0.801. The van der Waals surface area contributed by atoms with E-state index in [9.17, 15) is 9.90 Å². The second kappa shape index (κ2) is 7.62. The molecule has 0 aliphatic heterocycles. The summed E-state index contributed by atoms with van der Waals surface area (Å²) >= 11 is 0. The Bertz CT molecular complexity index is 991. The molecular formula is C22H24N2O4. The third-order valence-corrected chi connectivity index (χ3v) is 5.15. The summed E-state index contributed by atoms with van der Waals surface area (Å²) in [5.74, 6) is 0.266. The zero-order valence-electron chi connectivity index (χ0n) is 16.1.